The maximum absolute atomic E-state index is 6.04. The van der Waals surface area contributed by atoms with E-state index in [-0.39, 0.29) is 10.8 Å². The maximum Gasteiger partial charge on any atom is 0.0743 e. The van der Waals surface area contributed by atoms with Crippen LogP contribution in [0.2, 0.25) is 0 Å². The number of fused-ring (bicyclic) bond motifs is 9. The van der Waals surface area contributed by atoms with Crippen molar-refractivity contribution >= 4 is 39.3 Å². The summed E-state index contributed by atoms with van der Waals surface area (Å²) in [4.78, 5) is 0. The van der Waals surface area contributed by atoms with Crippen LogP contribution in [0.1, 0.15) is 82.7 Å². The third kappa shape index (κ3) is 4.75. The predicted molar refractivity (Wildman–Crippen MR) is 217 cm³/mol. The molecule has 250 valence electrons. The van der Waals surface area contributed by atoms with Crippen molar-refractivity contribution in [2.75, 3.05) is 0 Å². The first-order chi connectivity index (χ1) is 24.2. The van der Waals surface area contributed by atoms with Crippen molar-refractivity contribution < 1.29 is 0 Å². The number of aromatic nitrogens is 1. The highest BCUT2D eigenvalue weighted by Gasteiger charge is 2.42. The van der Waals surface area contributed by atoms with E-state index in [4.69, 9.17) is 5.84 Å². The molecular formula is C47H47N3. The van der Waals surface area contributed by atoms with E-state index in [2.05, 4.69) is 160 Å². The topological polar surface area (TPSA) is 43.3 Å². The number of hydrogen-bond donors (Lipinski definition) is 1. The fourth-order valence-electron chi connectivity index (χ4n) is 8.57. The molecule has 50 heavy (non-hydrogen) atoms. The first-order valence-electron chi connectivity index (χ1n) is 17.9. The maximum atomic E-state index is 6.04. The number of nitrogens with zero attached hydrogens (tertiary/aromatic N) is 2. The Kier molecular flexibility index (Phi) is 8.26. The molecule has 0 atom stereocenters. The molecule has 6 aromatic rings. The zero-order valence-electron chi connectivity index (χ0n) is 30.4. The molecule has 5 aromatic carbocycles. The Bertz CT molecular complexity index is 2390. The zero-order valence-corrected chi connectivity index (χ0v) is 30.4. The van der Waals surface area contributed by atoms with Gasteiger partial charge in [-0.3, -0.25) is 0 Å². The fourth-order valence-corrected chi connectivity index (χ4v) is 8.57. The van der Waals surface area contributed by atoms with Gasteiger partial charge in [0.25, 0.3) is 0 Å². The second kappa shape index (κ2) is 12.5. The molecule has 0 spiro atoms. The molecule has 0 amide bonds. The van der Waals surface area contributed by atoms with Crippen LogP contribution < -0.4 is 5.84 Å². The average molecular weight is 654 g/mol. The molecular weight excluding hydrogens is 607 g/mol. The minimum absolute atomic E-state index is 0.0705. The van der Waals surface area contributed by atoms with Gasteiger partial charge in [0.15, 0.2) is 0 Å². The predicted octanol–water partition coefficient (Wildman–Crippen LogP) is 12.3. The van der Waals surface area contributed by atoms with Crippen molar-refractivity contribution in [3.05, 3.63) is 155 Å². The molecule has 3 heteroatoms. The van der Waals surface area contributed by atoms with E-state index in [0.717, 1.165) is 34.3 Å². The average Bonchev–Trinajstić information content (AvgIpc) is 3.67. The molecule has 2 aliphatic rings. The van der Waals surface area contributed by atoms with Gasteiger partial charge in [0.2, 0.25) is 0 Å². The number of hydrogen-bond acceptors (Lipinski definition) is 2. The Morgan fingerprint density at radius 1 is 0.680 bits per heavy atom. The number of para-hydroxylation sites is 1. The van der Waals surface area contributed by atoms with Crippen LogP contribution in [0.4, 0.5) is 0 Å². The summed E-state index contributed by atoms with van der Waals surface area (Å²) in [5.74, 6) is 6.04. The zero-order chi connectivity index (χ0) is 35.4. The quantitative estimate of drug-likeness (QED) is 0.0826. The van der Waals surface area contributed by atoms with E-state index in [0.29, 0.717) is 0 Å². The first-order valence-corrected chi connectivity index (χ1v) is 17.9. The van der Waals surface area contributed by atoms with Gasteiger partial charge in [-0.25, -0.2) is 0 Å². The number of benzene rings is 5. The van der Waals surface area contributed by atoms with E-state index in [1.165, 1.54) is 60.9 Å². The van der Waals surface area contributed by atoms with Crippen LogP contribution in [0.15, 0.2) is 133 Å². The Balaban J connectivity index is 0.00000193. The largest absolute Gasteiger partial charge is 0.323 e. The monoisotopic (exact) mass is 653 g/mol. The van der Waals surface area contributed by atoms with E-state index in [1.807, 2.05) is 26.1 Å². The fraction of sp³-hybridized carbons (Fsp3) is 0.213. The summed E-state index contributed by atoms with van der Waals surface area (Å²) in [6.45, 7) is 19.7. The van der Waals surface area contributed by atoms with Crippen molar-refractivity contribution in [1.29, 1.82) is 0 Å². The van der Waals surface area contributed by atoms with Gasteiger partial charge in [-0.15, -0.1) is 0 Å². The molecule has 0 saturated heterocycles. The lowest BCUT2D eigenvalue weighted by atomic mass is 9.79. The van der Waals surface area contributed by atoms with Crippen LogP contribution >= 0.6 is 0 Å². The van der Waals surface area contributed by atoms with Gasteiger partial charge in [-0.05, 0) is 92.4 Å². The van der Waals surface area contributed by atoms with Crippen molar-refractivity contribution in [2.24, 2.45) is 10.9 Å². The molecule has 1 heterocycles. The van der Waals surface area contributed by atoms with E-state index < -0.39 is 0 Å². The highest BCUT2D eigenvalue weighted by Crippen LogP contribution is 2.57. The number of nitrogens with two attached hydrogens (primary N) is 1. The van der Waals surface area contributed by atoms with Crippen LogP contribution in [0.5, 0.6) is 0 Å². The Labute approximate surface area is 297 Å². The van der Waals surface area contributed by atoms with Gasteiger partial charge in [-0.2, -0.15) is 5.10 Å². The third-order valence-corrected chi connectivity index (χ3v) is 10.9. The minimum atomic E-state index is -0.159. The summed E-state index contributed by atoms with van der Waals surface area (Å²) in [5, 5.41) is 6.61. The molecule has 3 nitrogen and oxygen atoms in total. The lowest BCUT2D eigenvalue weighted by molar-refractivity contribution is 0.652. The summed E-state index contributed by atoms with van der Waals surface area (Å²) in [6, 6.07) is 38.0. The van der Waals surface area contributed by atoms with Crippen LogP contribution in [-0.4, -0.2) is 10.8 Å². The standard InChI is InChI=1S/C45H41N3.C2H6/c1-7-16-28(8-2)43(29-17-10-9-11-18-29)42(27-47-46)48-40-22-15-13-20-31(40)35-25-39-34(26-41(35)48)33-24-37-32(23-38(33)45(39,5)6)30-19-12-14-21-36(30)44(37,3)4;1-2/h7,9-27H,1,8,46H2,2-6H3;1-2H3/b28-16+,43-42+,47-27-;. The van der Waals surface area contributed by atoms with E-state index in [9.17, 15) is 0 Å². The van der Waals surface area contributed by atoms with Crippen molar-refractivity contribution in [3.63, 3.8) is 0 Å². The smallest absolute Gasteiger partial charge is 0.0743 e. The van der Waals surface area contributed by atoms with E-state index in [1.54, 1.807) is 0 Å². The van der Waals surface area contributed by atoms with Gasteiger partial charge in [-0.1, -0.05) is 140 Å². The van der Waals surface area contributed by atoms with Gasteiger partial charge < -0.3 is 10.4 Å². The van der Waals surface area contributed by atoms with Gasteiger partial charge >= 0.3 is 0 Å². The molecule has 0 saturated carbocycles. The molecule has 0 aliphatic heterocycles. The highest BCUT2D eigenvalue weighted by atomic mass is 15.1. The second-order valence-electron chi connectivity index (χ2n) is 14.2. The summed E-state index contributed by atoms with van der Waals surface area (Å²) >= 11 is 0. The number of rotatable bonds is 6. The van der Waals surface area contributed by atoms with Gasteiger partial charge in [0.1, 0.15) is 0 Å². The van der Waals surface area contributed by atoms with E-state index >= 15 is 0 Å². The molecule has 8 rings (SSSR count). The Hall–Kier alpha value is -5.41. The van der Waals surface area contributed by atoms with Gasteiger partial charge in [0, 0.05) is 27.2 Å². The minimum Gasteiger partial charge on any atom is -0.323 e. The summed E-state index contributed by atoms with van der Waals surface area (Å²) in [5.41, 5.74) is 17.2. The lowest BCUT2D eigenvalue weighted by Crippen LogP contribution is -2.17. The Morgan fingerprint density at radius 2 is 1.26 bits per heavy atom. The molecule has 1 aromatic heterocycles. The molecule has 0 unspecified atom stereocenters. The molecule has 2 aliphatic carbocycles. The van der Waals surface area contributed by atoms with Crippen molar-refractivity contribution in [1.82, 2.24) is 4.57 Å². The van der Waals surface area contributed by atoms with Crippen LogP contribution in [0.3, 0.4) is 0 Å². The van der Waals surface area contributed by atoms with Crippen LogP contribution in [0.25, 0.3) is 55.3 Å². The van der Waals surface area contributed by atoms with Gasteiger partial charge in [0.05, 0.1) is 22.9 Å². The second-order valence-corrected chi connectivity index (χ2v) is 14.2. The lowest BCUT2D eigenvalue weighted by Gasteiger charge is -2.24. The molecule has 0 bridgehead atoms. The summed E-state index contributed by atoms with van der Waals surface area (Å²) < 4.78 is 2.37. The SMILES string of the molecule is C=C/C=C(CC)/C(=C(/C=N\N)n1c2ccccc2c2cc3c(cc21)-c1cc2c(cc1C3(C)C)-c1ccccc1C2(C)C)c1ccccc1.CC. The number of allylic oxidation sites excluding steroid dienone is 5. The summed E-state index contributed by atoms with van der Waals surface area (Å²) in [7, 11) is 0. The highest BCUT2D eigenvalue weighted by molar-refractivity contribution is 6.23. The van der Waals surface area contributed by atoms with Crippen LogP contribution in [0, 0.1) is 0 Å². The number of hydrazone groups is 1. The molecule has 0 fully saturated rings. The van der Waals surface area contributed by atoms with Crippen LogP contribution in [-0.2, 0) is 10.8 Å². The molecule has 2 N–H and O–H groups in total. The van der Waals surface area contributed by atoms with Crippen molar-refractivity contribution in [2.45, 2.75) is 65.7 Å². The third-order valence-electron chi connectivity index (χ3n) is 10.9. The first kappa shape index (κ1) is 33.1. The Morgan fingerprint density at radius 3 is 1.94 bits per heavy atom. The molecule has 0 radical (unpaired) electrons. The normalized spacial score (nSPS) is 15.6. The summed E-state index contributed by atoms with van der Waals surface area (Å²) in [6.07, 6.45) is 6.63. The van der Waals surface area contributed by atoms with Crippen molar-refractivity contribution in [3.8, 4) is 22.3 Å².